The maximum Gasteiger partial charge on any atom is 0.435 e. The van der Waals surface area contributed by atoms with E-state index in [9.17, 15) is 18.0 Å². The summed E-state index contributed by atoms with van der Waals surface area (Å²) in [6.45, 7) is 0. The SMILES string of the molecule is COC(=O)c1sc(NC2=NOC(c3cc(Cl)cc(Cl)c3)(C(F)(F)F)C2)cc1Cl. The lowest BCUT2D eigenvalue weighted by molar-refractivity contribution is -0.275. The van der Waals surface area contributed by atoms with Crippen molar-refractivity contribution in [1.29, 1.82) is 0 Å². The van der Waals surface area contributed by atoms with Crippen LogP contribution in [-0.2, 0) is 15.2 Å². The van der Waals surface area contributed by atoms with Crippen molar-refractivity contribution in [2.75, 3.05) is 12.4 Å². The number of hydrogen-bond donors (Lipinski definition) is 1. The van der Waals surface area contributed by atoms with Crippen LogP contribution in [-0.4, -0.2) is 25.1 Å². The van der Waals surface area contributed by atoms with Gasteiger partial charge in [-0.25, -0.2) is 4.79 Å². The third kappa shape index (κ3) is 3.89. The minimum absolute atomic E-state index is 0.0314. The molecule has 0 fully saturated rings. The van der Waals surface area contributed by atoms with Crippen molar-refractivity contribution < 1.29 is 27.5 Å². The summed E-state index contributed by atoms with van der Waals surface area (Å²) in [7, 11) is 1.19. The summed E-state index contributed by atoms with van der Waals surface area (Å²) < 4.78 is 46.3. The number of hydrogen-bond acceptors (Lipinski definition) is 6. The normalized spacial score (nSPS) is 19.2. The van der Waals surface area contributed by atoms with Crippen LogP contribution in [0.3, 0.4) is 0 Å². The third-order valence-electron chi connectivity index (χ3n) is 3.84. The number of oxime groups is 1. The summed E-state index contributed by atoms with van der Waals surface area (Å²) in [6, 6.07) is 4.94. The van der Waals surface area contributed by atoms with E-state index < -0.39 is 24.2 Å². The number of benzene rings is 1. The molecule has 5 nitrogen and oxygen atoms in total. The number of ether oxygens (including phenoxy) is 1. The predicted octanol–water partition coefficient (Wildman–Crippen LogP) is 6.10. The highest BCUT2D eigenvalue weighted by molar-refractivity contribution is 7.18. The van der Waals surface area contributed by atoms with Crippen LogP contribution in [0, 0.1) is 0 Å². The van der Waals surface area contributed by atoms with Crippen molar-refractivity contribution >= 4 is 62.9 Å². The van der Waals surface area contributed by atoms with Gasteiger partial charge in [-0.15, -0.1) is 11.3 Å². The third-order valence-corrected chi connectivity index (χ3v) is 5.72. The zero-order valence-electron chi connectivity index (χ0n) is 13.9. The van der Waals surface area contributed by atoms with Crippen LogP contribution in [0.1, 0.15) is 21.7 Å². The quantitative estimate of drug-likeness (QED) is 0.547. The summed E-state index contributed by atoms with van der Waals surface area (Å²) in [5.74, 6) is -0.770. The molecule has 0 saturated carbocycles. The first-order chi connectivity index (χ1) is 13.1. The second-order valence-corrected chi connectivity index (χ2v) is 8.03. The Bertz CT molecular complexity index is 944. The van der Waals surface area contributed by atoms with E-state index in [2.05, 4.69) is 15.2 Å². The Kier molecular flexibility index (Phi) is 5.73. The highest BCUT2D eigenvalue weighted by Crippen LogP contribution is 2.49. The molecule has 0 saturated heterocycles. The van der Waals surface area contributed by atoms with Gasteiger partial charge < -0.3 is 14.9 Å². The fourth-order valence-corrected chi connectivity index (χ4v) is 4.34. The fourth-order valence-electron chi connectivity index (χ4n) is 2.56. The minimum Gasteiger partial charge on any atom is -0.465 e. The molecule has 1 aliphatic rings. The Balaban J connectivity index is 1.89. The molecule has 0 bridgehead atoms. The lowest BCUT2D eigenvalue weighted by atomic mass is 9.89. The number of halogens is 6. The van der Waals surface area contributed by atoms with Gasteiger partial charge in [0.2, 0.25) is 0 Å². The van der Waals surface area contributed by atoms with Gasteiger partial charge in [-0.2, -0.15) is 13.2 Å². The molecule has 28 heavy (non-hydrogen) atoms. The molecule has 2 aromatic rings. The molecular weight excluding hydrogens is 464 g/mol. The first-order valence-corrected chi connectivity index (χ1v) is 9.44. The molecule has 0 aliphatic carbocycles. The first kappa shape index (κ1) is 21.0. The van der Waals surface area contributed by atoms with E-state index in [0.717, 1.165) is 23.5 Å². The highest BCUT2D eigenvalue weighted by Gasteiger charge is 2.62. The number of rotatable bonds is 3. The number of amidine groups is 1. The van der Waals surface area contributed by atoms with Gasteiger partial charge in [0.15, 0.2) is 5.84 Å². The molecule has 0 amide bonds. The van der Waals surface area contributed by atoms with E-state index in [1.165, 1.54) is 19.2 Å². The van der Waals surface area contributed by atoms with Crippen LogP contribution in [0.5, 0.6) is 0 Å². The van der Waals surface area contributed by atoms with E-state index in [4.69, 9.17) is 39.6 Å². The maximum atomic E-state index is 13.9. The van der Waals surface area contributed by atoms with Crippen LogP contribution in [0.25, 0.3) is 0 Å². The summed E-state index contributed by atoms with van der Waals surface area (Å²) in [5, 5.41) is 6.69. The first-order valence-electron chi connectivity index (χ1n) is 7.49. The number of alkyl halides is 3. The van der Waals surface area contributed by atoms with E-state index in [1.54, 1.807) is 0 Å². The van der Waals surface area contributed by atoms with Crippen molar-refractivity contribution in [3.8, 4) is 0 Å². The number of nitrogens with one attached hydrogen (secondary N) is 1. The van der Waals surface area contributed by atoms with Crippen LogP contribution in [0.2, 0.25) is 15.1 Å². The Hall–Kier alpha value is -1.68. The predicted molar refractivity (Wildman–Crippen MR) is 102 cm³/mol. The van der Waals surface area contributed by atoms with E-state index in [-0.39, 0.29) is 31.3 Å². The zero-order chi connectivity index (χ0) is 20.7. The molecule has 2 heterocycles. The molecule has 150 valence electrons. The average Bonchev–Trinajstić information content (AvgIpc) is 3.18. The van der Waals surface area contributed by atoms with Gasteiger partial charge in [-0.1, -0.05) is 40.0 Å². The molecule has 1 unspecified atom stereocenters. The number of methoxy groups -OCH3 is 1. The van der Waals surface area contributed by atoms with Gasteiger partial charge in [-0.3, -0.25) is 0 Å². The van der Waals surface area contributed by atoms with Crippen molar-refractivity contribution in [3.63, 3.8) is 0 Å². The van der Waals surface area contributed by atoms with Crippen molar-refractivity contribution in [1.82, 2.24) is 0 Å². The maximum absolute atomic E-state index is 13.9. The number of esters is 1. The summed E-state index contributed by atoms with van der Waals surface area (Å²) in [6.07, 6.45) is -5.46. The molecule has 1 aromatic carbocycles. The average molecular weight is 474 g/mol. The van der Waals surface area contributed by atoms with Gasteiger partial charge in [-0.05, 0) is 24.3 Å². The molecule has 0 radical (unpaired) electrons. The Morgan fingerprint density at radius 2 is 1.89 bits per heavy atom. The van der Waals surface area contributed by atoms with Crippen molar-refractivity contribution in [3.05, 3.63) is 49.8 Å². The second-order valence-electron chi connectivity index (χ2n) is 5.69. The topological polar surface area (TPSA) is 59.9 Å². The minimum atomic E-state index is -4.81. The van der Waals surface area contributed by atoms with Crippen molar-refractivity contribution in [2.24, 2.45) is 5.16 Å². The van der Waals surface area contributed by atoms with Crippen LogP contribution >= 0.6 is 46.1 Å². The molecular formula is C16H10Cl3F3N2O3S. The zero-order valence-corrected chi connectivity index (χ0v) is 16.9. The Labute approximate surface area is 176 Å². The Morgan fingerprint density at radius 1 is 1.25 bits per heavy atom. The lowest BCUT2D eigenvalue weighted by Gasteiger charge is -2.29. The van der Waals surface area contributed by atoms with Crippen LogP contribution in [0.15, 0.2) is 29.4 Å². The number of thiophene rings is 1. The summed E-state index contributed by atoms with van der Waals surface area (Å²) in [5.41, 5.74) is -3.03. The largest absolute Gasteiger partial charge is 0.465 e. The molecule has 12 heteroatoms. The standard InChI is InChI=1S/C16H10Cl3F3N2O3S/c1-26-14(25)13-10(19)5-12(28-13)23-11-6-15(27-24-11,16(20,21)22)7-2-8(17)4-9(18)3-7/h2-5H,6H2,1H3,(H,23,24). The van der Waals surface area contributed by atoms with Gasteiger partial charge in [0.1, 0.15) is 4.88 Å². The smallest absolute Gasteiger partial charge is 0.435 e. The van der Waals surface area contributed by atoms with E-state index in [1.807, 2.05) is 0 Å². The highest BCUT2D eigenvalue weighted by atomic mass is 35.5. The van der Waals surface area contributed by atoms with E-state index >= 15 is 0 Å². The summed E-state index contributed by atoms with van der Waals surface area (Å²) >= 11 is 18.6. The van der Waals surface area contributed by atoms with Crippen LogP contribution in [0.4, 0.5) is 18.2 Å². The van der Waals surface area contributed by atoms with E-state index in [0.29, 0.717) is 5.00 Å². The monoisotopic (exact) mass is 472 g/mol. The van der Waals surface area contributed by atoms with Crippen molar-refractivity contribution in [2.45, 2.75) is 18.2 Å². The van der Waals surface area contributed by atoms with Gasteiger partial charge >= 0.3 is 12.1 Å². The molecule has 0 spiro atoms. The number of nitrogens with zero attached hydrogens (tertiary/aromatic N) is 1. The number of anilines is 1. The molecule has 1 atom stereocenters. The molecule has 1 N–H and O–H groups in total. The molecule has 1 aliphatic heterocycles. The lowest BCUT2D eigenvalue weighted by Crippen LogP contribution is -2.43. The summed E-state index contributed by atoms with van der Waals surface area (Å²) in [4.78, 5) is 16.6. The molecule has 3 rings (SSSR count). The number of carbonyl (C=O) groups excluding carboxylic acids is 1. The van der Waals surface area contributed by atoms with Gasteiger partial charge in [0, 0.05) is 15.6 Å². The Morgan fingerprint density at radius 3 is 2.46 bits per heavy atom. The van der Waals surface area contributed by atoms with Gasteiger partial charge in [0.25, 0.3) is 5.60 Å². The molecule has 1 aromatic heterocycles. The second kappa shape index (κ2) is 7.62. The fraction of sp³-hybridized carbons (Fsp3) is 0.250. The van der Waals surface area contributed by atoms with Crippen LogP contribution < -0.4 is 5.32 Å². The van der Waals surface area contributed by atoms with Gasteiger partial charge in [0.05, 0.1) is 23.6 Å². The number of carbonyl (C=O) groups is 1.